The summed E-state index contributed by atoms with van der Waals surface area (Å²) in [6.07, 6.45) is 5.27. The largest absolute Gasteiger partial charge is 0.398 e. The van der Waals surface area contributed by atoms with Crippen LogP contribution in [0.2, 0.25) is 0 Å². The summed E-state index contributed by atoms with van der Waals surface area (Å²) >= 11 is 3.43. The molecule has 0 aliphatic carbocycles. The Morgan fingerprint density at radius 2 is 2.29 bits per heavy atom. The minimum atomic E-state index is 0.0572. The van der Waals surface area contributed by atoms with Crippen LogP contribution in [0.1, 0.15) is 25.5 Å². The molecule has 0 saturated carbocycles. The highest BCUT2D eigenvalue weighted by Crippen LogP contribution is 2.30. The lowest BCUT2D eigenvalue weighted by molar-refractivity contribution is -0.0366. The van der Waals surface area contributed by atoms with E-state index < -0.39 is 0 Å². The summed E-state index contributed by atoms with van der Waals surface area (Å²) < 4.78 is 8.60. The van der Waals surface area contributed by atoms with Crippen LogP contribution in [0.4, 0.5) is 5.69 Å². The fraction of sp³-hybridized carbons (Fsp3) is 0.417. The zero-order valence-electron chi connectivity index (χ0n) is 9.40. The molecule has 1 aliphatic heterocycles. The molecule has 17 heavy (non-hydrogen) atoms. The third-order valence-electron chi connectivity index (χ3n) is 3.14. The highest BCUT2D eigenvalue weighted by molar-refractivity contribution is 9.10. The smallest absolute Gasteiger partial charge is 0.150 e. The average Bonchev–Trinajstić information content (AvgIpc) is 2.74. The molecule has 2 aromatic rings. The fourth-order valence-corrected chi connectivity index (χ4v) is 2.59. The van der Waals surface area contributed by atoms with E-state index in [0.717, 1.165) is 40.5 Å². The molecule has 0 bridgehead atoms. The molecule has 2 heterocycles. The molecule has 1 saturated heterocycles. The zero-order valence-corrected chi connectivity index (χ0v) is 11.0. The van der Waals surface area contributed by atoms with E-state index in [4.69, 9.17) is 10.5 Å². The normalized spacial score (nSPS) is 20.9. The van der Waals surface area contributed by atoms with Crippen LogP contribution in [-0.2, 0) is 4.74 Å². The van der Waals surface area contributed by atoms with Gasteiger partial charge in [-0.25, -0.2) is 4.68 Å². The monoisotopic (exact) mass is 295 g/mol. The number of rotatable bonds is 1. The molecule has 0 amide bonds. The topological polar surface area (TPSA) is 53.1 Å². The van der Waals surface area contributed by atoms with Crippen molar-refractivity contribution in [3.8, 4) is 0 Å². The second kappa shape index (κ2) is 4.31. The Morgan fingerprint density at radius 3 is 3.06 bits per heavy atom. The Balaban J connectivity index is 2.07. The van der Waals surface area contributed by atoms with Gasteiger partial charge in [0.05, 0.1) is 11.7 Å². The lowest BCUT2D eigenvalue weighted by Crippen LogP contribution is -2.18. The number of hydrogen-bond acceptors (Lipinski definition) is 3. The third-order valence-corrected chi connectivity index (χ3v) is 3.83. The average molecular weight is 296 g/mol. The van der Waals surface area contributed by atoms with E-state index in [2.05, 4.69) is 21.0 Å². The van der Waals surface area contributed by atoms with Crippen molar-refractivity contribution in [3.05, 3.63) is 22.8 Å². The van der Waals surface area contributed by atoms with Crippen LogP contribution < -0.4 is 5.73 Å². The van der Waals surface area contributed by atoms with E-state index in [-0.39, 0.29) is 6.23 Å². The molecular formula is C12H14BrN3O. The van der Waals surface area contributed by atoms with Crippen LogP contribution in [-0.4, -0.2) is 16.4 Å². The van der Waals surface area contributed by atoms with Gasteiger partial charge in [-0.3, -0.25) is 0 Å². The minimum absolute atomic E-state index is 0.0572. The number of halogens is 1. The van der Waals surface area contributed by atoms with Crippen LogP contribution in [0.15, 0.2) is 22.8 Å². The van der Waals surface area contributed by atoms with Crippen LogP contribution in [0.5, 0.6) is 0 Å². The lowest BCUT2D eigenvalue weighted by Gasteiger charge is -2.23. The van der Waals surface area contributed by atoms with Gasteiger partial charge in [-0.15, -0.1) is 0 Å². The first-order chi connectivity index (χ1) is 8.25. The molecule has 1 unspecified atom stereocenters. The fourth-order valence-electron chi connectivity index (χ4n) is 2.23. The van der Waals surface area contributed by atoms with Crippen molar-refractivity contribution in [2.75, 3.05) is 12.3 Å². The van der Waals surface area contributed by atoms with E-state index in [0.29, 0.717) is 0 Å². The number of aromatic nitrogens is 2. The molecular weight excluding hydrogens is 282 g/mol. The van der Waals surface area contributed by atoms with Gasteiger partial charge in [0.1, 0.15) is 0 Å². The Hall–Kier alpha value is -1.07. The number of anilines is 1. The summed E-state index contributed by atoms with van der Waals surface area (Å²) in [6.45, 7) is 0.817. The predicted octanol–water partition coefficient (Wildman–Crippen LogP) is 3.08. The number of nitrogens with two attached hydrogens (primary N) is 1. The first-order valence-electron chi connectivity index (χ1n) is 5.79. The summed E-state index contributed by atoms with van der Waals surface area (Å²) in [4.78, 5) is 0. The summed E-state index contributed by atoms with van der Waals surface area (Å²) in [5, 5.41) is 5.50. The van der Waals surface area contributed by atoms with E-state index >= 15 is 0 Å². The van der Waals surface area contributed by atoms with Gasteiger partial charge >= 0.3 is 0 Å². The maximum Gasteiger partial charge on any atom is 0.150 e. The van der Waals surface area contributed by atoms with Crippen LogP contribution >= 0.6 is 15.9 Å². The molecule has 4 nitrogen and oxygen atoms in total. The molecule has 5 heteroatoms. The number of fused-ring (bicyclic) bond motifs is 1. The molecule has 1 fully saturated rings. The predicted molar refractivity (Wildman–Crippen MR) is 70.7 cm³/mol. The molecule has 0 radical (unpaired) electrons. The van der Waals surface area contributed by atoms with Gasteiger partial charge in [0.25, 0.3) is 0 Å². The van der Waals surface area contributed by atoms with Crippen molar-refractivity contribution in [1.29, 1.82) is 0 Å². The van der Waals surface area contributed by atoms with Crippen molar-refractivity contribution >= 4 is 32.5 Å². The molecule has 1 atom stereocenters. The molecule has 1 aromatic heterocycles. The van der Waals surface area contributed by atoms with Gasteiger partial charge in [0.2, 0.25) is 0 Å². The van der Waals surface area contributed by atoms with Gasteiger partial charge in [-0.05, 0) is 47.3 Å². The number of hydrogen-bond donors (Lipinski definition) is 1. The number of ether oxygens (including phenoxy) is 1. The molecule has 3 rings (SSSR count). The van der Waals surface area contributed by atoms with Crippen molar-refractivity contribution in [2.45, 2.75) is 25.5 Å². The SMILES string of the molecule is Nc1cc2c(cnn2C2CCCCO2)cc1Br. The van der Waals surface area contributed by atoms with Gasteiger partial charge in [0, 0.05) is 22.2 Å². The van der Waals surface area contributed by atoms with Crippen LogP contribution in [0.25, 0.3) is 10.9 Å². The van der Waals surface area contributed by atoms with Gasteiger partial charge in [-0.1, -0.05) is 0 Å². The van der Waals surface area contributed by atoms with Crippen LogP contribution in [0, 0.1) is 0 Å². The van der Waals surface area contributed by atoms with Crippen molar-refractivity contribution < 1.29 is 4.74 Å². The quantitative estimate of drug-likeness (QED) is 0.823. The Kier molecular flexibility index (Phi) is 2.80. The number of nitrogen functional groups attached to an aromatic ring is 1. The molecule has 90 valence electrons. The van der Waals surface area contributed by atoms with E-state index in [1.165, 1.54) is 6.42 Å². The van der Waals surface area contributed by atoms with E-state index in [9.17, 15) is 0 Å². The highest BCUT2D eigenvalue weighted by atomic mass is 79.9. The van der Waals surface area contributed by atoms with Crippen LogP contribution in [0.3, 0.4) is 0 Å². The van der Waals surface area contributed by atoms with Crippen molar-refractivity contribution in [1.82, 2.24) is 9.78 Å². The first-order valence-corrected chi connectivity index (χ1v) is 6.59. The van der Waals surface area contributed by atoms with E-state index in [1.807, 2.05) is 23.0 Å². The molecule has 0 spiro atoms. The second-order valence-electron chi connectivity index (χ2n) is 4.34. The van der Waals surface area contributed by atoms with Gasteiger partial charge in [0.15, 0.2) is 6.23 Å². The third kappa shape index (κ3) is 1.93. The number of nitrogens with zero attached hydrogens (tertiary/aromatic N) is 2. The summed E-state index contributed by atoms with van der Waals surface area (Å²) in [5.74, 6) is 0. The lowest BCUT2D eigenvalue weighted by atomic mass is 10.2. The molecule has 1 aromatic carbocycles. The maximum atomic E-state index is 5.91. The zero-order chi connectivity index (χ0) is 11.8. The summed E-state index contributed by atoms with van der Waals surface area (Å²) in [7, 11) is 0. The summed E-state index contributed by atoms with van der Waals surface area (Å²) in [5.41, 5.74) is 7.69. The van der Waals surface area contributed by atoms with Crippen molar-refractivity contribution in [2.24, 2.45) is 0 Å². The van der Waals surface area contributed by atoms with Gasteiger partial charge < -0.3 is 10.5 Å². The standard InChI is InChI=1S/C12H14BrN3O/c13-9-5-8-7-15-16(11(8)6-10(9)14)12-3-1-2-4-17-12/h5-7,12H,1-4,14H2. The summed E-state index contributed by atoms with van der Waals surface area (Å²) in [6, 6.07) is 3.95. The Bertz CT molecular complexity index is 546. The van der Waals surface area contributed by atoms with E-state index in [1.54, 1.807) is 0 Å². The molecule has 2 N–H and O–H groups in total. The van der Waals surface area contributed by atoms with Gasteiger partial charge in [-0.2, -0.15) is 5.10 Å². The maximum absolute atomic E-state index is 5.91. The minimum Gasteiger partial charge on any atom is -0.398 e. The highest BCUT2D eigenvalue weighted by Gasteiger charge is 2.18. The Labute approximate surface area is 108 Å². The Morgan fingerprint density at radius 1 is 1.41 bits per heavy atom. The number of benzene rings is 1. The second-order valence-corrected chi connectivity index (χ2v) is 5.20. The molecule has 1 aliphatic rings. The van der Waals surface area contributed by atoms with Crippen molar-refractivity contribution in [3.63, 3.8) is 0 Å². The first kappa shape index (κ1) is 11.0.